The van der Waals surface area contributed by atoms with Crippen LogP contribution in [0.5, 0.6) is 5.75 Å². The Balaban J connectivity index is 1.50. The molecule has 0 radical (unpaired) electrons. The Kier molecular flexibility index (Phi) is 10.0. The van der Waals surface area contributed by atoms with E-state index in [0.29, 0.717) is 44.0 Å². The van der Waals surface area contributed by atoms with Crippen molar-refractivity contribution in [3.05, 3.63) is 42.0 Å². The standard InChI is InChI=1S/C28H44NO4P/c1-6-17-32-34(30,31-7-2)18-16-29-21-22-8-9-24-20-27(13-10-23(24)19-22)33-26-14-11-25(12-15-26)28(3,4)5/h8-10,13,19-20,25-26,29H,6-7,11-12,14-18,21H2,1-5H3. The molecule has 3 rings (SSSR count). The van der Waals surface area contributed by atoms with Crippen LogP contribution in [0.2, 0.25) is 0 Å². The van der Waals surface area contributed by atoms with Crippen molar-refractivity contribution in [2.45, 2.75) is 79.4 Å². The van der Waals surface area contributed by atoms with E-state index in [9.17, 15) is 4.57 Å². The van der Waals surface area contributed by atoms with Gasteiger partial charge in [0, 0.05) is 13.1 Å². The molecule has 5 nitrogen and oxygen atoms in total. The maximum absolute atomic E-state index is 12.7. The Morgan fingerprint density at radius 3 is 2.35 bits per heavy atom. The van der Waals surface area contributed by atoms with E-state index in [-0.39, 0.29) is 0 Å². The second-order valence-corrected chi connectivity index (χ2v) is 12.7. The average molecular weight is 490 g/mol. The molecular weight excluding hydrogens is 445 g/mol. The molecular formula is C28H44NO4P. The summed E-state index contributed by atoms with van der Waals surface area (Å²) in [5.41, 5.74) is 1.59. The Morgan fingerprint density at radius 1 is 0.971 bits per heavy atom. The van der Waals surface area contributed by atoms with Crippen molar-refractivity contribution < 1.29 is 18.3 Å². The predicted molar refractivity (Wildman–Crippen MR) is 142 cm³/mol. The van der Waals surface area contributed by atoms with Gasteiger partial charge >= 0.3 is 7.60 Å². The van der Waals surface area contributed by atoms with E-state index in [0.717, 1.165) is 30.9 Å². The number of benzene rings is 2. The molecule has 1 unspecified atom stereocenters. The van der Waals surface area contributed by atoms with Crippen molar-refractivity contribution in [2.75, 3.05) is 25.9 Å². The summed E-state index contributed by atoms with van der Waals surface area (Å²) >= 11 is 0. The third kappa shape index (κ3) is 8.09. The van der Waals surface area contributed by atoms with Gasteiger partial charge in [-0.2, -0.15) is 0 Å². The van der Waals surface area contributed by atoms with Crippen LogP contribution in [0.3, 0.4) is 0 Å². The summed E-state index contributed by atoms with van der Waals surface area (Å²) in [6, 6.07) is 12.9. The lowest BCUT2D eigenvalue weighted by atomic mass is 9.72. The molecule has 190 valence electrons. The first-order valence-electron chi connectivity index (χ1n) is 13.0. The molecule has 0 saturated heterocycles. The number of hydrogen-bond acceptors (Lipinski definition) is 5. The first-order valence-corrected chi connectivity index (χ1v) is 14.7. The van der Waals surface area contributed by atoms with E-state index in [2.05, 4.69) is 62.5 Å². The van der Waals surface area contributed by atoms with Crippen LogP contribution in [-0.2, 0) is 20.2 Å². The number of hydrogen-bond donors (Lipinski definition) is 1. The smallest absolute Gasteiger partial charge is 0.331 e. The molecule has 34 heavy (non-hydrogen) atoms. The maximum Gasteiger partial charge on any atom is 0.331 e. The van der Waals surface area contributed by atoms with Crippen LogP contribution in [0.4, 0.5) is 0 Å². The largest absolute Gasteiger partial charge is 0.490 e. The zero-order chi connectivity index (χ0) is 24.6. The number of rotatable bonds is 12. The third-order valence-corrected chi connectivity index (χ3v) is 8.79. The number of ether oxygens (including phenoxy) is 1. The summed E-state index contributed by atoms with van der Waals surface area (Å²) in [4.78, 5) is 0. The molecule has 2 aromatic carbocycles. The summed E-state index contributed by atoms with van der Waals surface area (Å²) in [7, 11) is -3.01. The van der Waals surface area contributed by atoms with Gasteiger partial charge in [0.2, 0.25) is 0 Å². The van der Waals surface area contributed by atoms with Crippen molar-refractivity contribution in [3.8, 4) is 5.75 Å². The van der Waals surface area contributed by atoms with Gasteiger partial charge in [-0.3, -0.25) is 4.57 Å². The van der Waals surface area contributed by atoms with Gasteiger partial charge in [0.05, 0.1) is 25.5 Å². The molecule has 2 aromatic rings. The fourth-order valence-corrected chi connectivity index (χ4v) is 6.36. The summed E-state index contributed by atoms with van der Waals surface area (Å²) in [5, 5.41) is 5.78. The van der Waals surface area contributed by atoms with Crippen LogP contribution in [0.1, 0.15) is 72.3 Å². The molecule has 6 heteroatoms. The Bertz CT molecular complexity index is 947. The average Bonchev–Trinajstić information content (AvgIpc) is 2.80. The van der Waals surface area contributed by atoms with E-state index < -0.39 is 7.60 Å². The number of nitrogens with one attached hydrogen (secondary N) is 1. The zero-order valence-electron chi connectivity index (χ0n) is 21.8. The van der Waals surface area contributed by atoms with Crippen molar-refractivity contribution in [2.24, 2.45) is 11.3 Å². The first-order chi connectivity index (χ1) is 16.2. The highest BCUT2D eigenvalue weighted by Crippen LogP contribution is 2.47. The predicted octanol–water partition coefficient (Wildman–Crippen LogP) is 7.57. The molecule has 1 atom stereocenters. The van der Waals surface area contributed by atoms with Crippen molar-refractivity contribution in [1.82, 2.24) is 5.32 Å². The van der Waals surface area contributed by atoms with Gasteiger partial charge in [-0.1, -0.05) is 45.9 Å². The van der Waals surface area contributed by atoms with Gasteiger partial charge in [-0.05, 0) is 84.9 Å². The lowest BCUT2D eigenvalue weighted by molar-refractivity contribution is 0.0883. The van der Waals surface area contributed by atoms with Crippen LogP contribution in [0, 0.1) is 11.3 Å². The van der Waals surface area contributed by atoms with Gasteiger partial charge in [0.25, 0.3) is 0 Å². The topological polar surface area (TPSA) is 56.8 Å². The van der Waals surface area contributed by atoms with Crippen molar-refractivity contribution >= 4 is 18.4 Å². The highest BCUT2D eigenvalue weighted by Gasteiger charge is 2.30. The summed E-state index contributed by atoms with van der Waals surface area (Å²) in [6.45, 7) is 13.1. The molecule has 0 aliphatic heterocycles. The minimum atomic E-state index is -3.01. The highest BCUT2D eigenvalue weighted by molar-refractivity contribution is 7.53. The molecule has 1 aliphatic rings. The van der Waals surface area contributed by atoms with Gasteiger partial charge in [-0.15, -0.1) is 0 Å². The van der Waals surface area contributed by atoms with Crippen LogP contribution >= 0.6 is 7.60 Å². The monoisotopic (exact) mass is 489 g/mol. The lowest BCUT2D eigenvalue weighted by Gasteiger charge is -2.37. The second-order valence-electron chi connectivity index (χ2n) is 10.6. The Hall–Kier alpha value is -1.39. The van der Waals surface area contributed by atoms with Gasteiger partial charge in [0.1, 0.15) is 5.75 Å². The second kappa shape index (κ2) is 12.5. The normalized spacial score (nSPS) is 20.9. The minimum absolute atomic E-state index is 0.327. The van der Waals surface area contributed by atoms with Crippen LogP contribution in [0.25, 0.3) is 10.8 Å². The quantitative estimate of drug-likeness (QED) is 0.246. The number of fused-ring (bicyclic) bond motifs is 1. The summed E-state index contributed by atoms with van der Waals surface area (Å²) in [6.07, 6.45) is 6.33. The molecule has 0 aromatic heterocycles. The maximum atomic E-state index is 12.7. The van der Waals surface area contributed by atoms with E-state index in [1.807, 2.05) is 13.8 Å². The molecule has 1 aliphatic carbocycles. The molecule has 1 fully saturated rings. The zero-order valence-corrected chi connectivity index (χ0v) is 22.7. The van der Waals surface area contributed by atoms with Crippen LogP contribution < -0.4 is 10.1 Å². The van der Waals surface area contributed by atoms with Gasteiger partial charge < -0.3 is 19.1 Å². The first kappa shape index (κ1) is 27.2. The lowest BCUT2D eigenvalue weighted by Crippen LogP contribution is -2.30. The SMILES string of the molecule is CCCOP(=O)(CCNCc1ccc2cc(OC3CCC(C(C)(C)C)CC3)ccc2c1)OCC. The van der Waals surface area contributed by atoms with E-state index in [4.69, 9.17) is 13.8 Å². The fraction of sp³-hybridized carbons (Fsp3) is 0.643. The summed E-state index contributed by atoms with van der Waals surface area (Å²) < 4.78 is 30.0. The Morgan fingerprint density at radius 2 is 1.68 bits per heavy atom. The summed E-state index contributed by atoms with van der Waals surface area (Å²) in [5.74, 6) is 1.77. The van der Waals surface area contributed by atoms with Gasteiger partial charge in [0.15, 0.2) is 0 Å². The van der Waals surface area contributed by atoms with E-state index in [1.54, 1.807) is 0 Å². The van der Waals surface area contributed by atoms with Crippen LogP contribution in [-0.4, -0.2) is 32.0 Å². The van der Waals surface area contributed by atoms with Crippen molar-refractivity contribution in [1.29, 1.82) is 0 Å². The molecule has 0 amide bonds. The molecule has 1 N–H and O–H groups in total. The Labute approximate surface area is 206 Å². The van der Waals surface area contributed by atoms with Crippen molar-refractivity contribution in [3.63, 3.8) is 0 Å². The van der Waals surface area contributed by atoms with E-state index >= 15 is 0 Å². The van der Waals surface area contributed by atoms with E-state index in [1.165, 1.54) is 29.2 Å². The molecule has 0 heterocycles. The third-order valence-electron chi connectivity index (χ3n) is 6.79. The van der Waals surface area contributed by atoms with Gasteiger partial charge in [-0.25, -0.2) is 0 Å². The molecule has 0 spiro atoms. The van der Waals surface area contributed by atoms with Crippen LogP contribution in [0.15, 0.2) is 36.4 Å². The minimum Gasteiger partial charge on any atom is -0.490 e. The molecule has 1 saturated carbocycles. The fourth-order valence-electron chi connectivity index (χ4n) is 4.74. The molecule has 0 bridgehead atoms. The highest BCUT2D eigenvalue weighted by atomic mass is 31.2.